The van der Waals surface area contributed by atoms with Crippen LogP contribution in [0.25, 0.3) is 5.57 Å². The van der Waals surface area contributed by atoms with Crippen LogP contribution in [0.2, 0.25) is 0 Å². The fourth-order valence-corrected chi connectivity index (χ4v) is 4.10. The summed E-state index contributed by atoms with van der Waals surface area (Å²) in [5.74, 6) is -0.439. The molecule has 4 rings (SSSR count). The van der Waals surface area contributed by atoms with Crippen molar-refractivity contribution < 1.29 is 14.3 Å². The summed E-state index contributed by atoms with van der Waals surface area (Å²) in [6.07, 6.45) is 3.13. The number of rotatable bonds is 5. The number of carbonyl (C=O) groups is 2. The molecule has 31 heavy (non-hydrogen) atoms. The van der Waals surface area contributed by atoms with Gasteiger partial charge in [0.05, 0.1) is 18.7 Å². The molecule has 0 saturated carbocycles. The van der Waals surface area contributed by atoms with Crippen molar-refractivity contribution >= 4 is 17.6 Å². The monoisotopic (exact) mass is 417 g/mol. The van der Waals surface area contributed by atoms with Crippen LogP contribution in [0.4, 0.5) is 4.79 Å². The van der Waals surface area contributed by atoms with Crippen molar-refractivity contribution in [1.82, 2.24) is 15.5 Å². The number of esters is 1. The van der Waals surface area contributed by atoms with E-state index in [4.69, 9.17) is 4.74 Å². The number of carbonyl (C=O) groups excluding carboxylic acids is 2. The van der Waals surface area contributed by atoms with Crippen LogP contribution in [-0.2, 0) is 9.53 Å². The maximum absolute atomic E-state index is 12.7. The van der Waals surface area contributed by atoms with E-state index < -0.39 is 12.0 Å². The minimum Gasteiger partial charge on any atom is -0.466 e. The molecule has 0 bridgehead atoms. The number of benzene rings is 2. The first-order valence-electron chi connectivity index (χ1n) is 10.5. The molecule has 2 aliphatic heterocycles. The molecule has 2 heterocycles. The van der Waals surface area contributed by atoms with Crippen molar-refractivity contribution in [2.75, 3.05) is 26.7 Å². The van der Waals surface area contributed by atoms with Gasteiger partial charge in [0.15, 0.2) is 0 Å². The lowest BCUT2D eigenvalue weighted by molar-refractivity contribution is -0.136. The summed E-state index contributed by atoms with van der Waals surface area (Å²) in [5.41, 5.74) is 5.57. The molecule has 1 unspecified atom stereocenters. The first-order valence-corrected chi connectivity index (χ1v) is 10.5. The SMILES string of the molecule is COC(=O)C1=C(CN2CC=C(c3ccccc3)CC2)NC(=O)NC1c1ccc(C)cc1. The van der Waals surface area contributed by atoms with Crippen LogP contribution in [0, 0.1) is 6.92 Å². The van der Waals surface area contributed by atoms with Gasteiger partial charge < -0.3 is 15.4 Å². The van der Waals surface area contributed by atoms with Gasteiger partial charge >= 0.3 is 12.0 Å². The zero-order chi connectivity index (χ0) is 21.8. The fraction of sp³-hybridized carbons (Fsp3) is 0.280. The number of aryl methyl sites for hydroxylation is 1. The molecule has 6 heteroatoms. The van der Waals surface area contributed by atoms with Gasteiger partial charge in [-0.2, -0.15) is 0 Å². The average Bonchev–Trinajstić information content (AvgIpc) is 2.80. The smallest absolute Gasteiger partial charge is 0.338 e. The van der Waals surface area contributed by atoms with Crippen LogP contribution >= 0.6 is 0 Å². The minimum absolute atomic E-state index is 0.314. The van der Waals surface area contributed by atoms with E-state index in [0.717, 1.165) is 30.6 Å². The Bertz CT molecular complexity index is 1030. The Morgan fingerprint density at radius 2 is 1.87 bits per heavy atom. The number of nitrogens with one attached hydrogen (secondary N) is 2. The number of methoxy groups -OCH3 is 1. The number of nitrogens with zero attached hydrogens (tertiary/aromatic N) is 1. The van der Waals surface area contributed by atoms with Crippen molar-refractivity contribution in [1.29, 1.82) is 0 Å². The third-order valence-electron chi connectivity index (χ3n) is 5.79. The van der Waals surface area contributed by atoms with Crippen LogP contribution in [-0.4, -0.2) is 43.6 Å². The van der Waals surface area contributed by atoms with Gasteiger partial charge in [0, 0.05) is 25.3 Å². The maximum Gasteiger partial charge on any atom is 0.338 e. The highest BCUT2D eigenvalue weighted by Gasteiger charge is 2.34. The van der Waals surface area contributed by atoms with Crippen LogP contribution < -0.4 is 10.6 Å². The van der Waals surface area contributed by atoms with E-state index in [2.05, 4.69) is 33.7 Å². The second kappa shape index (κ2) is 9.18. The average molecular weight is 418 g/mol. The standard InChI is InChI=1S/C25H27N3O3/c1-17-8-10-20(11-9-17)23-22(24(29)31-2)21(26-25(30)27-23)16-28-14-12-19(13-15-28)18-6-4-3-5-7-18/h3-12,23H,13-16H2,1-2H3,(H2,26,27,30). The molecular weight excluding hydrogens is 390 g/mol. The van der Waals surface area contributed by atoms with Gasteiger partial charge in [-0.1, -0.05) is 66.2 Å². The van der Waals surface area contributed by atoms with E-state index >= 15 is 0 Å². The minimum atomic E-state index is -0.544. The third kappa shape index (κ3) is 4.70. The molecule has 1 atom stereocenters. The molecule has 6 nitrogen and oxygen atoms in total. The predicted octanol–water partition coefficient (Wildman–Crippen LogP) is 3.57. The summed E-state index contributed by atoms with van der Waals surface area (Å²) in [4.78, 5) is 27.4. The largest absolute Gasteiger partial charge is 0.466 e. The Balaban J connectivity index is 1.59. The summed E-state index contributed by atoms with van der Waals surface area (Å²) < 4.78 is 5.08. The number of hydrogen-bond donors (Lipinski definition) is 2. The lowest BCUT2D eigenvalue weighted by Gasteiger charge is -2.33. The number of hydrogen-bond acceptors (Lipinski definition) is 4. The van der Waals surface area contributed by atoms with Crippen LogP contribution in [0.5, 0.6) is 0 Å². The van der Waals surface area contributed by atoms with Gasteiger partial charge in [-0.05, 0) is 30.0 Å². The predicted molar refractivity (Wildman–Crippen MR) is 120 cm³/mol. The zero-order valence-corrected chi connectivity index (χ0v) is 17.9. The van der Waals surface area contributed by atoms with Gasteiger partial charge in [-0.3, -0.25) is 4.90 Å². The molecule has 2 aliphatic rings. The quantitative estimate of drug-likeness (QED) is 0.730. The fourth-order valence-electron chi connectivity index (χ4n) is 4.10. The summed E-state index contributed by atoms with van der Waals surface area (Å²) >= 11 is 0. The zero-order valence-electron chi connectivity index (χ0n) is 17.9. The third-order valence-corrected chi connectivity index (χ3v) is 5.79. The molecule has 2 amide bonds. The highest BCUT2D eigenvalue weighted by atomic mass is 16.5. The Morgan fingerprint density at radius 3 is 2.52 bits per heavy atom. The lowest BCUT2D eigenvalue weighted by atomic mass is 9.94. The first kappa shape index (κ1) is 20.9. The van der Waals surface area contributed by atoms with E-state index in [-0.39, 0.29) is 6.03 Å². The van der Waals surface area contributed by atoms with Gasteiger partial charge in [-0.15, -0.1) is 0 Å². The Morgan fingerprint density at radius 1 is 1.13 bits per heavy atom. The van der Waals surface area contributed by atoms with Crippen molar-refractivity contribution in [2.24, 2.45) is 0 Å². The summed E-state index contributed by atoms with van der Waals surface area (Å²) in [6.45, 7) is 4.07. The van der Waals surface area contributed by atoms with Crippen molar-refractivity contribution in [3.63, 3.8) is 0 Å². The molecule has 0 aliphatic carbocycles. The van der Waals surface area contributed by atoms with E-state index in [1.807, 2.05) is 49.4 Å². The molecule has 160 valence electrons. The summed E-state index contributed by atoms with van der Waals surface area (Å²) in [7, 11) is 1.37. The molecule has 0 aromatic heterocycles. The molecular formula is C25H27N3O3. The topological polar surface area (TPSA) is 70.7 Å². The summed E-state index contributed by atoms with van der Waals surface area (Å²) in [5, 5.41) is 5.72. The van der Waals surface area contributed by atoms with E-state index in [1.54, 1.807) is 0 Å². The molecule has 2 aromatic rings. The van der Waals surface area contributed by atoms with E-state index in [1.165, 1.54) is 18.2 Å². The van der Waals surface area contributed by atoms with Crippen molar-refractivity contribution in [3.8, 4) is 0 Å². The van der Waals surface area contributed by atoms with Crippen molar-refractivity contribution in [2.45, 2.75) is 19.4 Å². The lowest BCUT2D eigenvalue weighted by Crippen LogP contribution is -2.48. The van der Waals surface area contributed by atoms with Gasteiger partial charge in [0.1, 0.15) is 0 Å². The van der Waals surface area contributed by atoms with E-state index in [0.29, 0.717) is 17.8 Å². The molecule has 2 aromatic carbocycles. The van der Waals surface area contributed by atoms with Gasteiger partial charge in [-0.25, -0.2) is 9.59 Å². The van der Waals surface area contributed by atoms with Crippen LogP contribution in [0.3, 0.4) is 0 Å². The highest BCUT2D eigenvalue weighted by molar-refractivity contribution is 5.95. The Labute approximate surface area is 182 Å². The number of amides is 2. The summed E-state index contributed by atoms with van der Waals surface area (Å²) in [6, 6.07) is 17.3. The molecule has 0 radical (unpaired) electrons. The normalized spacial score (nSPS) is 19.4. The molecule has 0 fully saturated rings. The molecule has 0 saturated heterocycles. The highest BCUT2D eigenvalue weighted by Crippen LogP contribution is 2.29. The number of urea groups is 1. The van der Waals surface area contributed by atoms with Gasteiger partial charge in [0.2, 0.25) is 0 Å². The first-order chi connectivity index (χ1) is 15.0. The Kier molecular flexibility index (Phi) is 6.18. The number of ether oxygens (including phenoxy) is 1. The maximum atomic E-state index is 12.7. The second-order valence-corrected chi connectivity index (χ2v) is 7.91. The second-order valence-electron chi connectivity index (χ2n) is 7.91. The van der Waals surface area contributed by atoms with Crippen molar-refractivity contribution in [3.05, 3.63) is 88.6 Å². The van der Waals surface area contributed by atoms with Gasteiger partial charge in [0.25, 0.3) is 0 Å². The molecule has 2 N–H and O–H groups in total. The molecule has 0 spiro atoms. The van der Waals surface area contributed by atoms with Crippen LogP contribution in [0.1, 0.15) is 29.2 Å². The van der Waals surface area contributed by atoms with E-state index in [9.17, 15) is 9.59 Å². The Hall–Kier alpha value is -3.38. The van der Waals surface area contributed by atoms with Crippen LogP contribution in [0.15, 0.2) is 71.9 Å².